The smallest absolute Gasteiger partial charge is 0.303 e. The van der Waals surface area contributed by atoms with E-state index in [1.807, 2.05) is 31.2 Å². The first-order valence-electron chi connectivity index (χ1n) is 10.7. The number of para-hydroxylation sites is 1. The average molecular weight is 499 g/mol. The van der Waals surface area contributed by atoms with Gasteiger partial charge >= 0.3 is 23.9 Å². The van der Waals surface area contributed by atoms with E-state index in [-0.39, 0.29) is 6.61 Å². The molecule has 0 aliphatic carbocycles. The molecule has 188 valence electrons. The zero-order chi connectivity index (χ0) is 25.3. The number of carbonyl (C=O) groups excluding carboxylic acids is 4. The van der Waals surface area contributed by atoms with Gasteiger partial charge in [0.1, 0.15) is 23.9 Å². The zero-order valence-corrected chi connectivity index (χ0v) is 20.6. The summed E-state index contributed by atoms with van der Waals surface area (Å²) >= 11 is 1.27. The van der Waals surface area contributed by atoms with Crippen LogP contribution in [0.5, 0.6) is 5.75 Å². The summed E-state index contributed by atoms with van der Waals surface area (Å²) < 4.78 is 33.1. The fourth-order valence-electron chi connectivity index (χ4n) is 3.36. The van der Waals surface area contributed by atoms with Crippen molar-refractivity contribution in [1.82, 2.24) is 0 Å². The lowest BCUT2D eigenvalue weighted by molar-refractivity contribution is -0.237. The summed E-state index contributed by atoms with van der Waals surface area (Å²) in [5.74, 6) is -1.36. The van der Waals surface area contributed by atoms with E-state index in [1.165, 1.54) is 39.5 Å². The standard InChI is InChI=1S/C23H30O10S/c1-13-8-6-7-9-18(13)28-10-11-34-23-22(32-17(5)27)21(31-16(4)26)20(30-15(3)25)19(33-23)12-29-14(2)24/h6-9,19-23H,10-12H2,1-5H3/t19-,20+,21+,22-,23-/m0/s1. The van der Waals surface area contributed by atoms with Gasteiger partial charge in [0.2, 0.25) is 0 Å². The second-order valence-corrected chi connectivity index (χ2v) is 8.76. The van der Waals surface area contributed by atoms with Gasteiger partial charge < -0.3 is 28.4 Å². The molecule has 1 aliphatic heterocycles. The monoisotopic (exact) mass is 498 g/mol. The second kappa shape index (κ2) is 13.2. The van der Waals surface area contributed by atoms with Gasteiger partial charge in [-0.2, -0.15) is 0 Å². The first-order chi connectivity index (χ1) is 16.1. The molecule has 10 nitrogen and oxygen atoms in total. The van der Waals surface area contributed by atoms with Crippen LogP contribution in [-0.4, -0.2) is 72.7 Å². The Morgan fingerprint density at radius 3 is 2.03 bits per heavy atom. The number of benzene rings is 1. The van der Waals surface area contributed by atoms with Crippen LogP contribution in [-0.2, 0) is 42.9 Å². The van der Waals surface area contributed by atoms with Crippen molar-refractivity contribution in [2.75, 3.05) is 19.0 Å². The van der Waals surface area contributed by atoms with Crippen LogP contribution in [0.25, 0.3) is 0 Å². The first-order valence-corrected chi connectivity index (χ1v) is 11.7. The minimum absolute atomic E-state index is 0.255. The number of esters is 4. The number of hydrogen-bond donors (Lipinski definition) is 0. The van der Waals surface area contributed by atoms with E-state index in [2.05, 4.69) is 0 Å². The predicted octanol–water partition coefficient (Wildman–Crippen LogP) is 2.19. The normalized spacial score (nSPS) is 24.0. The largest absolute Gasteiger partial charge is 0.492 e. The zero-order valence-electron chi connectivity index (χ0n) is 19.8. The van der Waals surface area contributed by atoms with E-state index in [9.17, 15) is 19.2 Å². The summed E-state index contributed by atoms with van der Waals surface area (Å²) in [7, 11) is 0. The van der Waals surface area contributed by atoms with Gasteiger partial charge in [-0.3, -0.25) is 19.2 Å². The van der Waals surface area contributed by atoms with Crippen molar-refractivity contribution in [3.05, 3.63) is 29.8 Å². The van der Waals surface area contributed by atoms with Crippen molar-refractivity contribution < 1.29 is 47.6 Å². The van der Waals surface area contributed by atoms with Crippen molar-refractivity contribution in [3.63, 3.8) is 0 Å². The molecule has 0 saturated carbocycles. The van der Waals surface area contributed by atoms with Crippen LogP contribution in [0.15, 0.2) is 24.3 Å². The van der Waals surface area contributed by atoms with Gasteiger partial charge in [0.25, 0.3) is 0 Å². The fourth-order valence-corrected chi connectivity index (χ4v) is 4.39. The molecule has 0 unspecified atom stereocenters. The Morgan fingerprint density at radius 2 is 1.44 bits per heavy atom. The number of hydrogen-bond acceptors (Lipinski definition) is 11. The summed E-state index contributed by atoms with van der Waals surface area (Å²) in [6.45, 7) is 6.80. The molecule has 0 amide bonds. The van der Waals surface area contributed by atoms with Crippen LogP contribution in [0.4, 0.5) is 0 Å². The molecular weight excluding hydrogens is 468 g/mol. The van der Waals surface area contributed by atoms with Crippen molar-refractivity contribution in [2.24, 2.45) is 0 Å². The molecule has 0 radical (unpaired) electrons. The number of aryl methyl sites for hydroxylation is 1. The van der Waals surface area contributed by atoms with Gasteiger partial charge in [-0.25, -0.2) is 0 Å². The van der Waals surface area contributed by atoms with Crippen LogP contribution < -0.4 is 4.74 Å². The highest BCUT2D eigenvalue weighted by Crippen LogP contribution is 2.34. The Hall–Kier alpha value is -2.79. The van der Waals surface area contributed by atoms with Gasteiger partial charge in [0.05, 0.1) is 6.61 Å². The molecule has 0 N–H and O–H groups in total. The maximum Gasteiger partial charge on any atom is 0.303 e. The minimum Gasteiger partial charge on any atom is -0.492 e. The lowest BCUT2D eigenvalue weighted by atomic mass is 9.99. The minimum atomic E-state index is -1.17. The summed E-state index contributed by atoms with van der Waals surface area (Å²) in [6, 6.07) is 7.57. The molecular formula is C23H30O10S. The summed E-state index contributed by atoms with van der Waals surface area (Å²) in [4.78, 5) is 46.8. The SMILES string of the molecule is CC(=O)OC[C@@H]1O[C@@H](SCCOc2ccccc2C)[C@@H](OC(C)=O)[C@H](OC(C)=O)[C@@H]1OC(C)=O. The van der Waals surface area contributed by atoms with Crippen molar-refractivity contribution in [2.45, 2.75) is 64.5 Å². The van der Waals surface area contributed by atoms with Crippen molar-refractivity contribution in [1.29, 1.82) is 0 Å². The number of rotatable bonds is 10. The van der Waals surface area contributed by atoms with E-state index < -0.39 is 53.7 Å². The molecule has 1 saturated heterocycles. The molecule has 1 aromatic rings. The molecule has 0 aromatic heterocycles. The molecule has 1 aliphatic rings. The van der Waals surface area contributed by atoms with Crippen LogP contribution in [0, 0.1) is 6.92 Å². The third kappa shape index (κ3) is 8.53. The van der Waals surface area contributed by atoms with Gasteiger partial charge in [0, 0.05) is 33.4 Å². The summed E-state index contributed by atoms with van der Waals surface area (Å²) in [5.41, 5.74) is 0.167. The van der Waals surface area contributed by atoms with E-state index >= 15 is 0 Å². The Bertz CT molecular complexity index is 873. The third-order valence-electron chi connectivity index (χ3n) is 4.66. The van der Waals surface area contributed by atoms with E-state index in [0.29, 0.717) is 12.4 Å². The number of carbonyl (C=O) groups is 4. The number of ether oxygens (including phenoxy) is 6. The fraction of sp³-hybridized carbons (Fsp3) is 0.565. The molecule has 0 bridgehead atoms. The van der Waals surface area contributed by atoms with Crippen molar-refractivity contribution in [3.8, 4) is 5.75 Å². The predicted molar refractivity (Wildman–Crippen MR) is 121 cm³/mol. The Kier molecular flexibility index (Phi) is 10.6. The summed E-state index contributed by atoms with van der Waals surface area (Å²) in [5, 5.41) is 0. The van der Waals surface area contributed by atoms with Gasteiger partial charge in [-0.1, -0.05) is 18.2 Å². The van der Waals surface area contributed by atoms with Crippen LogP contribution in [0.3, 0.4) is 0 Å². The molecule has 34 heavy (non-hydrogen) atoms. The average Bonchev–Trinajstić information content (AvgIpc) is 2.73. The third-order valence-corrected chi connectivity index (χ3v) is 5.78. The maximum atomic E-state index is 11.8. The van der Waals surface area contributed by atoms with Crippen LogP contribution in [0.2, 0.25) is 0 Å². The quantitative estimate of drug-likeness (QED) is 0.268. The lowest BCUT2D eigenvalue weighted by Gasteiger charge is -2.44. The lowest BCUT2D eigenvalue weighted by Crippen LogP contribution is -2.61. The van der Waals surface area contributed by atoms with Gasteiger partial charge in [-0.05, 0) is 18.6 Å². The summed E-state index contributed by atoms with van der Waals surface area (Å²) in [6.07, 6.45) is -4.37. The molecule has 5 atom stereocenters. The Balaban J connectivity index is 2.22. The molecule has 11 heteroatoms. The van der Waals surface area contributed by atoms with E-state index in [4.69, 9.17) is 28.4 Å². The Morgan fingerprint density at radius 1 is 0.853 bits per heavy atom. The molecule has 1 fully saturated rings. The highest BCUT2D eigenvalue weighted by molar-refractivity contribution is 7.99. The van der Waals surface area contributed by atoms with Gasteiger partial charge in [-0.15, -0.1) is 11.8 Å². The van der Waals surface area contributed by atoms with E-state index in [1.54, 1.807) is 0 Å². The topological polar surface area (TPSA) is 124 Å². The molecule has 1 aromatic carbocycles. The Labute approximate surface area is 202 Å². The highest BCUT2D eigenvalue weighted by Gasteiger charge is 2.52. The first kappa shape index (κ1) is 27.5. The second-order valence-electron chi connectivity index (χ2n) is 7.55. The highest BCUT2D eigenvalue weighted by atomic mass is 32.2. The molecule has 1 heterocycles. The molecule has 2 rings (SSSR count). The maximum absolute atomic E-state index is 11.8. The van der Waals surface area contributed by atoms with Crippen LogP contribution >= 0.6 is 11.8 Å². The van der Waals surface area contributed by atoms with Crippen molar-refractivity contribution >= 4 is 35.6 Å². The van der Waals surface area contributed by atoms with Gasteiger partial charge in [0.15, 0.2) is 18.3 Å². The number of thioether (sulfide) groups is 1. The van der Waals surface area contributed by atoms with Crippen LogP contribution in [0.1, 0.15) is 33.3 Å². The molecule has 0 spiro atoms. The van der Waals surface area contributed by atoms with E-state index in [0.717, 1.165) is 11.3 Å².